The minimum atomic E-state index is -0.894. The Hall–Kier alpha value is -2.49. The van der Waals surface area contributed by atoms with Crippen LogP contribution in [0.25, 0.3) is 11.0 Å². The predicted octanol–water partition coefficient (Wildman–Crippen LogP) is 4.25. The number of fused-ring (bicyclic) bond motifs is 1. The summed E-state index contributed by atoms with van der Waals surface area (Å²) in [7, 11) is 0. The van der Waals surface area contributed by atoms with E-state index in [2.05, 4.69) is 0 Å². The fraction of sp³-hybridized carbons (Fsp3) is 0.0625. The van der Waals surface area contributed by atoms with E-state index in [1.165, 1.54) is 6.07 Å². The summed E-state index contributed by atoms with van der Waals surface area (Å²) in [6.07, 6.45) is 0. The predicted molar refractivity (Wildman–Crippen MR) is 70.7 cm³/mol. The van der Waals surface area contributed by atoms with Gasteiger partial charge in [0.25, 0.3) is 0 Å². The van der Waals surface area contributed by atoms with Gasteiger partial charge >= 0.3 is 0 Å². The second-order valence-corrected chi connectivity index (χ2v) is 4.48. The van der Waals surface area contributed by atoms with Crippen molar-refractivity contribution >= 4 is 16.8 Å². The Morgan fingerprint density at radius 2 is 1.65 bits per heavy atom. The molecule has 0 saturated heterocycles. The highest BCUT2D eigenvalue weighted by Gasteiger charge is 2.24. The number of aryl methyl sites for hydroxylation is 1. The zero-order valence-electron chi connectivity index (χ0n) is 10.6. The summed E-state index contributed by atoms with van der Waals surface area (Å²) in [6.45, 7) is 1.69. The summed E-state index contributed by atoms with van der Waals surface area (Å²) in [5.41, 5.74) is 0.507. The van der Waals surface area contributed by atoms with E-state index in [0.717, 1.165) is 17.5 Å². The Kier molecular flexibility index (Phi) is 2.86. The molecule has 0 atom stereocenters. The van der Waals surface area contributed by atoms with Gasteiger partial charge in [-0.2, -0.15) is 0 Å². The average molecular weight is 272 g/mol. The van der Waals surface area contributed by atoms with E-state index in [9.17, 15) is 13.6 Å². The summed E-state index contributed by atoms with van der Waals surface area (Å²) >= 11 is 0. The zero-order chi connectivity index (χ0) is 14.3. The van der Waals surface area contributed by atoms with Gasteiger partial charge in [0.05, 0.1) is 5.56 Å². The molecular weight excluding hydrogens is 262 g/mol. The number of furan rings is 1. The van der Waals surface area contributed by atoms with E-state index < -0.39 is 23.0 Å². The number of ketones is 1. The molecule has 0 saturated carbocycles. The van der Waals surface area contributed by atoms with Crippen molar-refractivity contribution in [3.63, 3.8) is 0 Å². The summed E-state index contributed by atoms with van der Waals surface area (Å²) in [5, 5.41) is 0.757. The SMILES string of the molecule is Cc1c(C(=O)c2c(F)cccc2F)oc2ccccc12. The van der Waals surface area contributed by atoms with Crippen molar-refractivity contribution in [1.82, 2.24) is 0 Å². The van der Waals surface area contributed by atoms with Crippen LogP contribution in [0.2, 0.25) is 0 Å². The maximum atomic E-state index is 13.7. The first-order valence-electron chi connectivity index (χ1n) is 6.06. The minimum Gasteiger partial charge on any atom is -0.452 e. The van der Waals surface area contributed by atoms with Crippen LogP contribution >= 0.6 is 0 Å². The molecule has 2 aromatic carbocycles. The molecule has 0 aliphatic heterocycles. The van der Waals surface area contributed by atoms with Crippen molar-refractivity contribution < 1.29 is 18.0 Å². The number of para-hydroxylation sites is 1. The average Bonchev–Trinajstić information content (AvgIpc) is 2.76. The van der Waals surface area contributed by atoms with Crippen molar-refractivity contribution in [2.75, 3.05) is 0 Å². The fourth-order valence-corrected chi connectivity index (χ4v) is 2.22. The molecule has 0 N–H and O–H groups in total. The van der Waals surface area contributed by atoms with Crippen LogP contribution in [0.3, 0.4) is 0 Å². The number of carbonyl (C=O) groups excluding carboxylic acids is 1. The van der Waals surface area contributed by atoms with Crippen LogP contribution < -0.4 is 0 Å². The third kappa shape index (κ3) is 1.81. The van der Waals surface area contributed by atoms with Gasteiger partial charge in [0.15, 0.2) is 5.76 Å². The summed E-state index contributed by atoms with van der Waals surface area (Å²) < 4.78 is 32.8. The van der Waals surface area contributed by atoms with Crippen LogP contribution in [0.4, 0.5) is 8.78 Å². The lowest BCUT2D eigenvalue weighted by Crippen LogP contribution is -2.07. The highest BCUT2D eigenvalue weighted by atomic mass is 19.1. The third-order valence-electron chi connectivity index (χ3n) is 3.24. The topological polar surface area (TPSA) is 30.2 Å². The van der Waals surface area contributed by atoms with Crippen molar-refractivity contribution in [1.29, 1.82) is 0 Å². The maximum Gasteiger partial charge on any atom is 0.234 e. The Labute approximate surface area is 113 Å². The van der Waals surface area contributed by atoms with Crippen LogP contribution in [-0.2, 0) is 0 Å². The molecule has 0 amide bonds. The molecule has 100 valence electrons. The van der Waals surface area contributed by atoms with Gasteiger partial charge in [0.1, 0.15) is 17.2 Å². The molecule has 0 fully saturated rings. The number of carbonyl (C=O) groups is 1. The quantitative estimate of drug-likeness (QED) is 0.653. The Balaban J connectivity index is 2.21. The van der Waals surface area contributed by atoms with E-state index >= 15 is 0 Å². The molecule has 0 spiro atoms. The maximum absolute atomic E-state index is 13.7. The molecule has 0 radical (unpaired) electrons. The summed E-state index contributed by atoms with van der Waals surface area (Å²) in [4.78, 5) is 12.3. The van der Waals surface area contributed by atoms with Gasteiger partial charge < -0.3 is 4.42 Å². The van der Waals surface area contributed by atoms with E-state index in [4.69, 9.17) is 4.42 Å². The van der Waals surface area contributed by atoms with E-state index in [1.54, 1.807) is 25.1 Å². The van der Waals surface area contributed by atoms with Crippen LogP contribution in [0.1, 0.15) is 21.7 Å². The monoisotopic (exact) mass is 272 g/mol. The normalized spacial score (nSPS) is 10.9. The van der Waals surface area contributed by atoms with Gasteiger partial charge in [0, 0.05) is 10.9 Å². The molecule has 1 aromatic heterocycles. The standard InChI is InChI=1S/C16H10F2O2/c1-9-10-5-2-3-8-13(10)20-16(9)15(19)14-11(17)6-4-7-12(14)18/h2-8H,1H3. The molecule has 3 aromatic rings. The molecule has 3 rings (SSSR count). The lowest BCUT2D eigenvalue weighted by Gasteiger charge is -2.02. The lowest BCUT2D eigenvalue weighted by atomic mass is 10.0. The molecule has 1 heterocycles. The Morgan fingerprint density at radius 1 is 1.00 bits per heavy atom. The fourth-order valence-electron chi connectivity index (χ4n) is 2.22. The number of halogens is 2. The van der Waals surface area contributed by atoms with Gasteiger partial charge in [-0.15, -0.1) is 0 Å². The van der Waals surface area contributed by atoms with Crippen molar-refractivity contribution in [3.05, 3.63) is 71.0 Å². The van der Waals surface area contributed by atoms with E-state index in [1.807, 2.05) is 6.07 Å². The highest BCUT2D eigenvalue weighted by Crippen LogP contribution is 2.28. The van der Waals surface area contributed by atoms with Crippen LogP contribution in [0.5, 0.6) is 0 Å². The lowest BCUT2D eigenvalue weighted by molar-refractivity contribution is 0.100. The molecule has 2 nitrogen and oxygen atoms in total. The Bertz CT molecular complexity index is 798. The first-order chi connectivity index (χ1) is 9.59. The molecule has 4 heteroatoms. The van der Waals surface area contributed by atoms with Crippen LogP contribution in [-0.4, -0.2) is 5.78 Å². The van der Waals surface area contributed by atoms with Crippen molar-refractivity contribution in [2.45, 2.75) is 6.92 Å². The van der Waals surface area contributed by atoms with E-state index in [-0.39, 0.29) is 5.76 Å². The number of rotatable bonds is 2. The second-order valence-electron chi connectivity index (χ2n) is 4.48. The zero-order valence-corrected chi connectivity index (χ0v) is 10.6. The van der Waals surface area contributed by atoms with Crippen LogP contribution in [0, 0.1) is 18.6 Å². The molecule has 0 bridgehead atoms. The van der Waals surface area contributed by atoms with Gasteiger partial charge in [-0.05, 0) is 25.1 Å². The van der Waals surface area contributed by atoms with Gasteiger partial charge in [-0.3, -0.25) is 4.79 Å². The van der Waals surface area contributed by atoms with Gasteiger partial charge in [-0.1, -0.05) is 24.3 Å². The number of hydrogen-bond donors (Lipinski definition) is 0. The Morgan fingerprint density at radius 3 is 2.30 bits per heavy atom. The minimum absolute atomic E-state index is 0.0322. The van der Waals surface area contributed by atoms with Gasteiger partial charge in [-0.25, -0.2) is 8.78 Å². The summed E-state index contributed by atoms with van der Waals surface area (Å²) in [6, 6.07) is 10.4. The molecule has 20 heavy (non-hydrogen) atoms. The van der Waals surface area contributed by atoms with Crippen molar-refractivity contribution in [3.8, 4) is 0 Å². The highest BCUT2D eigenvalue weighted by molar-refractivity contribution is 6.10. The van der Waals surface area contributed by atoms with Crippen molar-refractivity contribution in [2.24, 2.45) is 0 Å². The van der Waals surface area contributed by atoms with Crippen LogP contribution in [0.15, 0.2) is 46.9 Å². The first-order valence-corrected chi connectivity index (χ1v) is 6.06. The summed E-state index contributed by atoms with van der Waals surface area (Å²) in [5.74, 6) is -2.60. The largest absolute Gasteiger partial charge is 0.452 e. The first kappa shape index (κ1) is 12.5. The second kappa shape index (κ2) is 4.56. The van der Waals surface area contributed by atoms with Gasteiger partial charge in [0.2, 0.25) is 5.78 Å². The molecule has 0 unspecified atom stereocenters. The number of benzene rings is 2. The third-order valence-corrected chi connectivity index (χ3v) is 3.24. The molecular formula is C16H10F2O2. The molecule has 0 aliphatic rings. The smallest absolute Gasteiger partial charge is 0.234 e. The molecule has 0 aliphatic carbocycles. The number of hydrogen-bond acceptors (Lipinski definition) is 2. The van der Waals surface area contributed by atoms with E-state index in [0.29, 0.717) is 11.1 Å².